The average Bonchev–Trinajstić information content (AvgIpc) is 2.91. The van der Waals surface area contributed by atoms with Gasteiger partial charge in [-0.25, -0.2) is 4.79 Å². The van der Waals surface area contributed by atoms with E-state index in [9.17, 15) is 4.79 Å². The van der Waals surface area contributed by atoms with Crippen LogP contribution >= 0.6 is 15.9 Å². The largest absolute Gasteiger partial charge is 0.496 e. The van der Waals surface area contributed by atoms with Gasteiger partial charge in [-0.1, -0.05) is 0 Å². The first-order valence-corrected chi connectivity index (χ1v) is 7.68. The number of aryl methyl sites for hydroxylation is 1. The Morgan fingerprint density at radius 2 is 2.19 bits per heavy atom. The van der Waals surface area contributed by atoms with E-state index in [0.29, 0.717) is 12.3 Å². The fraction of sp³-hybridized carbons (Fsp3) is 0.312. The van der Waals surface area contributed by atoms with Crippen LogP contribution in [0.25, 0.3) is 11.3 Å². The molecule has 0 fully saturated rings. The summed E-state index contributed by atoms with van der Waals surface area (Å²) in [7, 11) is 1.66. The second kappa shape index (κ2) is 5.56. The molecule has 0 amide bonds. The number of hydrogen-bond acceptors (Lipinski definition) is 3. The van der Waals surface area contributed by atoms with E-state index >= 15 is 0 Å². The Kier molecular flexibility index (Phi) is 3.76. The Bertz CT molecular complexity index is 706. The van der Waals surface area contributed by atoms with Crippen LogP contribution in [0, 0.1) is 0 Å². The Morgan fingerprint density at radius 3 is 2.90 bits per heavy atom. The first-order chi connectivity index (χ1) is 10.2. The molecule has 2 heterocycles. The molecule has 1 aromatic carbocycles. The highest BCUT2D eigenvalue weighted by atomic mass is 79.9. The van der Waals surface area contributed by atoms with E-state index in [1.165, 1.54) is 5.56 Å². The lowest BCUT2D eigenvalue weighted by atomic mass is 9.98. The van der Waals surface area contributed by atoms with Crippen molar-refractivity contribution in [2.45, 2.75) is 19.9 Å². The summed E-state index contributed by atoms with van der Waals surface area (Å²) in [4.78, 5) is 12.0. The summed E-state index contributed by atoms with van der Waals surface area (Å²) in [6, 6.07) is 7.91. The van der Waals surface area contributed by atoms with Crippen LogP contribution in [0.4, 0.5) is 0 Å². The molecule has 1 aliphatic rings. The summed E-state index contributed by atoms with van der Waals surface area (Å²) in [5.74, 6) is 0.569. The molecule has 3 rings (SSSR count). The van der Waals surface area contributed by atoms with Gasteiger partial charge in [0.2, 0.25) is 0 Å². The van der Waals surface area contributed by atoms with Crippen LogP contribution in [0.2, 0.25) is 0 Å². The normalized spacial score (nSPS) is 12.5. The highest BCUT2D eigenvalue weighted by Crippen LogP contribution is 2.38. The number of methoxy groups -OCH3 is 1. The lowest BCUT2D eigenvalue weighted by Gasteiger charge is -2.22. The highest BCUT2D eigenvalue weighted by Gasteiger charge is 2.23. The summed E-state index contributed by atoms with van der Waals surface area (Å²) < 4.78 is 13.4. The molecule has 0 saturated heterocycles. The van der Waals surface area contributed by atoms with E-state index in [1.807, 2.05) is 29.7 Å². The van der Waals surface area contributed by atoms with Crippen molar-refractivity contribution < 1.29 is 14.3 Å². The van der Waals surface area contributed by atoms with Gasteiger partial charge in [-0.2, -0.15) is 0 Å². The lowest BCUT2D eigenvalue weighted by molar-refractivity contribution is 0.0514. The van der Waals surface area contributed by atoms with Gasteiger partial charge in [0, 0.05) is 17.8 Å². The van der Waals surface area contributed by atoms with Crippen LogP contribution < -0.4 is 4.74 Å². The lowest BCUT2D eigenvalue weighted by Crippen LogP contribution is -2.17. The molecule has 4 nitrogen and oxygen atoms in total. The maximum Gasteiger partial charge on any atom is 0.354 e. The number of rotatable bonds is 3. The summed E-state index contributed by atoms with van der Waals surface area (Å²) in [6.07, 6.45) is 0.868. The fourth-order valence-electron chi connectivity index (χ4n) is 2.76. The minimum Gasteiger partial charge on any atom is -0.496 e. The summed E-state index contributed by atoms with van der Waals surface area (Å²) in [5.41, 5.74) is 4.02. The Hall–Kier alpha value is -1.75. The Morgan fingerprint density at radius 1 is 1.38 bits per heavy atom. The average molecular weight is 350 g/mol. The maximum atomic E-state index is 12.0. The number of benzene rings is 1. The molecule has 0 aliphatic carbocycles. The van der Waals surface area contributed by atoms with Crippen molar-refractivity contribution >= 4 is 21.9 Å². The second-order valence-electron chi connectivity index (χ2n) is 4.87. The minimum atomic E-state index is -0.264. The molecule has 0 radical (unpaired) electrons. The van der Waals surface area contributed by atoms with Gasteiger partial charge >= 0.3 is 5.97 Å². The van der Waals surface area contributed by atoms with Crippen LogP contribution in [0.15, 0.2) is 28.7 Å². The molecule has 0 atom stereocenters. The van der Waals surface area contributed by atoms with E-state index in [1.54, 1.807) is 7.11 Å². The number of carbonyl (C=O) groups is 1. The number of esters is 1. The minimum absolute atomic E-state index is 0.264. The molecule has 21 heavy (non-hydrogen) atoms. The van der Waals surface area contributed by atoms with E-state index in [4.69, 9.17) is 9.47 Å². The van der Waals surface area contributed by atoms with Gasteiger partial charge in [-0.15, -0.1) is 0 Å². The Balaban J connectivity index is 2.08. The monoisotopic (exact) mass is 349 g/mol. The van der Waals surface area contributed by atoms with Crippen molar-refractivity contribution in [1.29, 1.82) is 0 Å². The number of aromatic nitrogens is 1. The van der Waals surface area contributed by atoms with Crippen LogP contribution in [-0.2, 0) is 17.7 Å². The van der Waals surface area contributed by atoms with Crippen LogP contribution in [0.5, 0.6) is 5.75 Å². The molecule has 1 aromatic heterocycles. The van der Waals surface area contributed by atoms with Crippen LogP contribution in [-0.4, -0.2) is 24.3 Å². The third-order valence-electron chi connectivity index (χ3n) is 3.72. The van der Waals surface area contributed by atoms with Crippen molar-refractivity contribution in [2.24, 2.45) is 0 Å². The van der Waals surface area contributed by atoms with Gasteiger partial charge in [-0.3, -0.25) is 0 Å². The van der Waals surface area contributed by atoms with E-state index in [0.717, 1.165) is 34.4 Å². The molecule has 0 unspecified atom stereocenters. The summed E-state index contributed by atoms with van der Waals surface area (Å²) in [6.45, 7) is 2.98. The predicted octanol–water partition coefficient (Wildman–Crippen LogP) is 3.66. The number of fused-ring (bicyclic) bond motifs is 3. The van der Waals surface area contributed by atoms with E-state index < -0.39 is 0 Å². The van der Waals surface area contributed by atoms with Gasteiger partial charge in [0.15, 0.2) is 0 Å². The molecule has 5 heteroatoms. The maximum absolute atomic E-state index is 12.0. The number of nitrogens with zero attached hydrogens (tertiary/aromatic N) is 1. The summed E-state index contributed by atoms with van der Waals surface area (Å²) >= 11 is 3.52. The zero-order valence-corrected chi connectivity index (χ0v) is 13.6. The Labute approximate surface area is 131 Å². The van der Waals surface area contributed by atoms with Crippen molar-refractivity contribution in [3.8, 4) is 17.0 Å². The topological polar surface area (TPSA) is 40.5 Å². The molecular formula is C16H16BrNO3. The van der Waals surface area contributed by atoms with Crippen molar-refractivity contribution in [3.05, 3.63) is 40.0 Å². The standard InChI is InChI=1S/C16H16BrNO3/c1-3-21-16(19)14-5-4-13-11-9-12(17)15(20-2)8-10(11)6-7-18(13)14/h4-5,8-9H,3,6-7H2,1-2H3. The smallest absolute Gasteiger partial charge is 0.354 e. The zero-order valence-electron chi connectivity index (χ0n) is 12.0. The SMILES string of the molecule is CCOC(=O)c1ccc2n1CCc1cc(OC)c(Br)cc1-2. The molecule has 0 bridgehead atoms. The number of halogens is 1. The van der Waals surface area contributed by atoms with E-state index in [2.05, 4.69) is 22.0 Å². The first kappa shape index (κ1) is 14.2. The third-order valence-corrected chi connectivity index (χ3v) is 4.34. The van der Waals surface area contributed by atoms with Crippen molar-refractivity contribution in [1.82, 2.24) is 4.57 Å². The molecule has 0 N–H and O–H groups in total. The van der Waals surface area contributed by atoms with Crippen molar-refractivity contribution in [2.75, 3.05) is 13.7 Å². The molecule has 0 saturated carbocycles. The molecule has 1 aliphatic heterocycles. The highest BCUT2D eigenvalue weighted by molar-refractivity contribution is 9.10. The molecular weight excluding hydrogens is 334 g/mol. The molecule has 0 spiro atoms. The number of ether oxygens (including phenoxy) is 2. The third kappa shape index (κ3) is 2.35. The molecule has 2 aromatic rings. The van der Waals surface area contributed by atoms with Crippen LogP contribution in [0.3, 0.4) is 0 Å². The number of hydrogen-bond donors (Lipinski definition) is 0. The number of carbonyl (C=O) groups excluding carboxylic acids is 1. The predicted molar refractivity (Wildman–Crippen MR) is 83.8 cm³/mol. The second-order valence-corrected chi connectivity index (χ2v) is 5.72. The molecule has 110 valence electrons. The fourth-order valence-corrected chi connectivity index (χ4v) is 3.26. The van der Waals surface area contributed by atoms with E-state index in [-0.39, 0.29) is 5.97 Å². The van der Waals surface area contributed by atoms with Crippen LogP contribution in [0.1, 0.15) is 23.0 Å². The quantitative estimate of drug-likeness (QED) is 0.794. The van der Waals surface area contributed by atoms with Gasteiger partial charge in [0.25, 0.3) is 0 Å². The van der Waals surface area contributed by atoms with Gasteiger partial charge in [0.05, 0.1) is 18.2 Å². The summed E-state index contributed by atoms with van der Waals surface area (Å²) in [5, 5.41) is 0. The zero-order chi connectivity index (χ0) is 15.0. The first-order valence-electron chi connectivity index (χ1n) is 6.89. The van der Waals surface area contributed by atoms with Gasteiger partial charge in [0.1, 0.15) is 11.4 Å². The van der Waals surface area contributed by atoms with Gasteiger partial charge < -0.3 is 14.0 Å². The van der Waals surface area contributed by atoms with Crippen molar-refractivity contribution in [3.63, 3.8) is 0 Å². The van der Waals surface area contributed by atoms with Gasteiger partial charge in [-0.05, 0) is 59.1 Å².